The molecule has 9 nitrogen and oxygen atoms in total. The summed E-state index contributed by atoms with van der Waals surface area (Å²) in [5, 5.41) is 20.2. The van der Waals surface area contributed by atoms with Crippen molar-refractivity contribution >= 4 is 27.7 Å². The topological polar surface area (TPSA) is 139 Å². The van der Waals surface area contributed by atoms with Gasteiger partial charge in [-0.25, -0.2) is 13.2 Å². The van der Waals surface area contributed by atoms with Gasteiger partial charge in [0.05, 0.1) is 41.5 Å². The lowest BCUT2D eigenvalue weighted by molar-refractivity contribution is 0.0601. The molecule has 0 bridgehead atoms. The number of esters is 1. The number of ether oxygens (including phenoxy) is 1. The average Bonchev–Trinajstić information content (AvgIpc) is 3.07. The first kappa shape index (κ1) is 21.3. The highest BCUT2D eigenvalue weighted by atomic mass is 32.2. The van der Waals surface area contributed by atoms with Crippen molar-refractivity contribution in [2.75, 3.05) is 18.6 Å². The maximum atomic E-state index is 12.7. The van der Waals surface area contributed by atoms with Crippen LogP contribution in [0.1, 0.15) is 39.5 Å². The van der Waals surface area contributed by atoms with Gasteiger partial charge in [-0.15, -0.1) is 0 Å². The predicted octanol–water partition coefficient (Wildman–Crippen LogP) is 1.63. The van der Waals surface area contributed by atoms with Crippen LogP contribution in [0.3, 0.4) is 0 Å². The van der Waals surface area contributed by atoms with Gasteiger partial charge in [0.1, 0.15) is 11.6 Å². The summed E-state index contributed by atoms with van der Waals surface area (Å²) in [5.74, 6) is -1.47. The van der Waals surface area contributed by atoms with Crippen molar-refractivity contribution in [3.63, 3.8) is 0 Å². The summed E-state index contributed by atoms with van der Waals surface area (Å²) >= 11 is 0. The molecule has 30 heavy (non-hydrogen) atoms. The van der Waals surface area contributed by atoms with Gasteiger partial charge in [-0.2, -0.15) is 5.26 Å². The molecule has 2 heterocycles. The Kier molecular flexibility index (Phi) is 5.75. The molecule has 0 spiro atoms. The highest BCUT2D eigenvalue weighted by Crippen LogP contribution is 2.30. The standard InChI is InChI=1S/C20H19N3O6S/c1-12-15(9-21)18(24)23(13-7-8-30(27,28)11-13)19(25)16(12)10-22-17-6-4-3-5-14(17)20(26)29-2/h3-6,10,13,25H,7-8,11H2,1-2H3/t13-/m1/s1. The fourth-order valence-corrected chi connectivity index (χ4v) is 5.12. The van der Waals surface area contributed by atoms with Crippen molar-refractivity contribution < 1.29 is 23.1 Å². The van der Waals surface area contributed by atoms with Gasteiger partial charge < -0.3 is 9.84 Å². The molecule has 1 N–H and O–H groups in total. The summed E-state index contributed by atoms with van der Waals surface area (Å²) in [7, 11) is -2.09. The first-order chi connectivity index (χ1) is 14.2. The molecule has 1 aliphatic heterocycles. The lowest BCUT2D eigenvalue weighted by atomic mass is 10.0. The van der Waals surface area contributed by atoms with Gasteiger partial charge in [0.2, 0.25) is 5.88 Å². The fourth-order valence-electron chi connectivity index (χ4n) is 3.42. The maximum absolute atomic E-state index is 12.7. The molecule has 2 aromatic rings. The van der Waals surface area contributed by atoms with Gasteiger partial charge in [-0.1, -0.05) is 12.1 Å². The van der Waals surface area contributed by atoms with Crippen LogP contribution in [0.5, 0.6) is 5.88 Å². The van der Waals surface area contributed by atoms with E-state index in [1.54, 1.807) is 18.2 Å². The molecule has 0 saturated carbocycles. The van der Waals surface area contributed by atoms with E-state index in [2.05, 4.69) is 4.99 Å². The molecule has 0 unspecified atom stereocenters. The summed E-state index contributed by atoms with van der Waals surface area (Å²) in [5.41, 5.74) is -0.194. The molecule has 156 valence electrons. The molecule has 1 fully saturated rings. The lowest BCUT2D eigenvalue weighted by Crippen LogP contribution is -2.29. The summed E-state index contributed by atoms with van der Waals surface area (Å²) in [6.45, 7) is 1.49. The van der Waals surface area contributed by atoms with E-state index >= 15 is 0 Å². The van der Waals surface area contributed by atoms with E-state index in [4.69, 9.17) is 4.74 Å². The van der Waals surface area contributed by atoms with E-state index < -0.39 is 33.3 Å². The fraction of sp³-hybridized carbons (Fsp3) is 0.300. The third kappa shape index (κ3) is 3.84. The summed E-state index contributed by atoms with van der Waals surface area (Å²) in [6.07, 6.45) is 1.40. The Morgan fingerprint density at radius 1 is 1.40 bits per heavy atom. The largest absolute Gasteiger partial charge is 0.494 e. The number of methoxy groups -OCH3 is 1. The van der Waals surface area contributed by atoms with Crippen molar-refractivity contribution in [1.82, 2.24) is 4.57 Å². The number of rotatable bonds is 4. The molecule has 0 amide bonds. The number of carbonyl (C=O) groups is 1. The minimum absolute atomic E-state index is 0.0927. The van der Waals surface area contributed by atoms with Crippen LogP contribution in [-0.2, 0) is 14.6 Å². The van der Waals surface area contributed by atoms with E-state index in [0.717, 1.165) is 4.57 Å². The average molecular weight is 429 g/mol. The Morgan fingerprint density at radius 3 is 2.70 bits per heavy atom. The quantitative estimate of drug-likeness (QED) is 0.575. The van der Waals surface area contributed by atoms with E-state index in [9.17, 15) is 28.4 Å². The lowest BCUT2D eigenvalue weighted by Gasteiger charge is -2.18. The number of aromatic hydroxyl groups is 1. The van der Waals surface area contributed by atoms with E-state index in [1.807, 2.05) is 6.07 Å². The number of hydrogen-bond acceptors (Lipinski definition) is 8. The van der Waals surface area contributed by atoms with Crippen LogP contribution in [0, 0.1) is 18.3 Å². The molecular weight excluding hydrogens is 410 g/mol. The molecule has 10 heteroatoms. The zero-order chi connectivity index (χ0) is 22.1. The second kappa shape index (κ2) is 8.12. The Labute approximate surface area is 172 Å². The van der Waals surface area contributed by atoms with Gasteiger partial charge in [-0.05, 0) is 31.0 Å². The van der Waals surface area contributed by atoms with Crippen LogP contribution in [-0.4, -0.2) is 48.9 Å². The van der Waals surface area contributed by atoms with Crippen LogP contribution in [0.2, 0.25) is 0 Å². The highest BCUT2D eigenvalue weighted by Gasteiger charge is 2.33. The number of para-hydroxylation sites is 1. The number of sulfone groups is 1. The zero-order valence-corrected chi connectivity index (χ0v) is 17.1. The summed E-state index contributed by atoms with van der Waals surface area (Å²) < 4.78 is 29.4. The molecule has 1 atom stereocenters. The molecule has 3 rings (SSSR count). The molecule has 1 aliphatic rings. The van der Waals surface area contributed by atoms with Crippen molar-refractivity contribution in [2.45, 2.75) is 19.4 Å². The second-order valence-electron chi connectivity index (χ2n) is 6.85. The number of carbonyl (C=O) groups excluding carboxylic acids is 1. The van der Waals surface area contributed by atoms with Crippen LogP contribution < -0.4 is 5.56 Å². The first-order valence-corrected chi connectivity index (χ1v) is 10.8. The summed E-state index contributed by atoms with van der Waals surface area (Å²) in [6, 6.07) is 7.45. The number of aromatic nitrogens is 1. The van der Waals surface area contributed by atoms with Crippen molar-refractivity contribution in [3.8, 4) is 11.9 Å². The number of nitriles is 1. The van der Waals surface area contributed by atoms with Gasteiger partial charge in [0.25, 0.3) is 5.56 Å². The molecule has 1 saturated heterocycles. The summed E-state index contributed by atoms with van der Waals surface area (Å²) in [4.78, 5) is 28.9. The van der Waals surface area contributed by atoms with E-state index in [0.29, 0.717) is 0 Å². The molecular formula is C20H19N3O6S. The van der Waals surface area contributed by atoms with Gasteiger partial charge in [0, 0.05) is 6.21 Å². The van der Waals surface area contributed by atoms with Crippen LogP contribution in [0.25, 0.3) is 0 Å². The molecule has 1 aromatic carbocycles. The Hall–Kier alpha value is -3.45. The number of hydrogen-bond donors (Lipinski definition) is 1. The maximum Gasteiger partial charge on any atom is 0.340 e. The zero-order valence-electron chi connectivity index (χ0n) is 16.3. The first-order valence-electron chi connectivity index (χ1n) is 9.00. The van der Waals surface area contributed by atoms with Gasteiger partial charge >= 0.3 is 5.97 Å². The minimum Gasteiger partial charge on any atom is -0.494 e. The SMILES string of the molecule is COC(=O)c1ccccc1N=Cc1c(C)c(C#N)c(=O)n([C@@H]2CCS(=O)(=O)C2)c1O. The van der Waals surface area contributed by atoms with E-state index in [-0.39, 0.29) is 45.9 Å². The Morgan fingerprint density at radius 2 is 2.10 bits per heavy atom. The van der Waals surface area contributed by atoms with Crippen LogP contribution in [0.15, 0.2) is 34.1 Å². The van der Waals surface area contributed by atoms with Gasteiger partial charge in [0.15, 0.2) is 9.84 Å². The Bertz CT molecular complexity index is 1250. The number of nitrogens with zero attached hydrogens (tertiary/aromatic N) is 3. The molecule has 0 radical (unpaired) electrons. The van der Waals surface area contributed by atoms with Crippen LogP contribution in [0.4, 0.5) is 5.69 Å². The van der Waals surface area contributed by atoms with Crippen molar-refractivity contribution in [2.24, 2.45) is 4.99 Å². The molecule has 1 aromatic heterocycles. The number of aliphatic imine (C=N–C) groups is 1. The van der Waals surface area contributed by atoms with Gasteiger partial charge in [-0.3, -0.25) is 14.4 Å². The predicted molar refractivity (Wildman–Crippen MR) is 109 cm³/mol. The smallest absolute Gasteiger partial charge is 0.340 e. The highest BCUT2D eigenvalue weighted by molar-refractivity contribution is 7.91. The Balaban J connectivity index is 2.16. The monoisotopic (exact) mass is 429 g/mol. The third-order valence-electron chi connectivity index (χ3n) is 5.01. The normalized spacial score (nSPS) is 17.7. The van der Waals surface area contributed by atoms with Crippen LogP contribution >= 0.6 is 0 Å². The van der Waals surface area contributed by atoms with E-state index in [1.165, 1.54) is 26.3 Å². The second-order valence-corrected chi connectivity index (χ2v) is 9.08. The van der Waals surface area contributed by atoms with Crippen molar-refractivity contribution in [1.29, 1.82) is 5.26 Å². The number of pyridine rings is 1. The van der Waals surface area contributed by atoms with Crippen molar-refractivity contribution in [3.05, 3.63) is 56.9 Å². The third-order valence-corrected chi connectivity index (χ3v) is 6.76. The minimum atomic E-state index is -3.33. The molecule has 0 aliphatic carbocycles. The number of benzene rings is 1.